The van der Waals surface area contributed by atoms with Gasteiger partial charge in [-0.2, -0.15) is 0 Å². The Labute approximate surface area is 117 Å². The second-order valence-corrected chi connectivity index (χ2v) is 4.28. The van der Waals surface area contributed by atoms with E-state index in [1.807, 2.05) is 36.4 Å². The van der Waals surface area contributed by atoms with Crippen LogP contribution >= 0.6 is 0 Å². The maximum atomic E-state index is 11.5. The number of amides is 1. The van der Waals surface area contributed by atoms with Crippen molar-refractivity contribution in [3.8, 4) is 0 Å². The van der Waals surface area contributed by atoms with Crippen molar-refractivity contribution in [2.75, 3.05) is 0 Å². The van der Waals surface area contributed by atoms with Crippen molar-refractivity contribution in [3.63, 3.8) is 0 Å². The molecule has 0 radical (unpaired) electrons. The maximum Gasteiger partial charge on any atom is 0.407 e. The fourth-order valence-electron chi connectivity index (χ4n) is 1.72. The van der Waals surface area contributed by atoms with Crippen LogP contribution in [0.4, 0.5) is 4.79 Å². The van der Waals surface area contributed by atoms with E-state index in [0.29, 0.717) is 12.1 Å². The Morgan fingerprint density at radius 2 is 1.80 bits per heavy atom. The van der Waals surface area contributed by atoms with Gasteiger partial charge in [0.2, 0.25) is 0 Å². The van der Waals surface area contributed by atoms with E-state index in [2.05, 4.69) is 5.32 Å². The first-order valence-corrected chi connectivity index (χ1v) is 6.26. The molecule has 2 aromatic rings. The summed E-state index contributed by atoms with van der Waals surface area (Å²) in [6.45, 7) is 0.566. The maximum absolute atomic E-state index is 11.5. The van der Waals surface area contributed by atoms with Gasteiger partial charge in [0.05, 0.1) is 0 Å². The minimum Gasteiger partial charge on any atom is -0.445 e. The number of carbonyl (C=O) groups excluding carboxylic acids is 2. The monoisotopic (exact) mass is 269 g/mol. The highest BCUT2D eigenvalue weighted by molar-refractivity contribution is 5.75. The predicted molar refractivity (Wildman–Crippen MR) is 75.3 cm³/mol. The van der Waals surface area contributed by atoms with E-state index in [-0.39, 0.29) is 6.61 Å². The third-order valence-electron chi connectivity index (χ3n) is 2.74. The van der Waals surface area contributed by atoms with Gasteiger partial charge in [0.15, 0.2) is 0 Å². The zero-order valence-electron chi connectivity index (χ0n) is 10.9. The molecule has 2 rings (SSSR count). The molecule has 0 fully saturated rings. The number of rotatable bonds is 5. The zero-order valence-corrected chi connectivity index (χ0v) is 10.9. The molecule has 0 aliphatic rings. The number of hydrogen-bond donors (Lipinski definition) is 1. The second kappa shape index (κ2) is 7.09. The molecule has 1 amide bonds. The topological polar surface area (TPSA) is 55.4 Å². The molecule has 0 atom stereocenters. The number of carbonyl (C=O) groups is 2. The molecule has 0 aliphatic heterocycles. The molecule has 4 nitrogen and oxygen atoms in total. The zero-order chi connectivity index (χ0) is 14.2. The normalized spacial score (nSPS) is 9.80. The molecular formula is C16H15NO3. The van der Waals surface area contributed by atoms with E-state index < -0.39 is 6.09 Å². The van der Waals surface area contributed by atoms with Crippen LogP contribution in [0.1, 0.15) is 21.5 Å². The molecule has 0 saturated carbocycles. The van der Waals surface area contributed by atoms with Crippen LogP contribution in [0.3, 0.4) is 0 Å². The van der Waals surface area contributed by atoms with Crippen molar-refractivity contribution in [1.29, 1.82) is 0 Å². The third kappa shape index (κ3) is 4.24. The molecule has 1 N–H and O–H groups in total. The van der Waals surface area contributed by atoms with E-state index in [1.54, 1.807) is 18.2 Å². The van der Waals surface area contributed by atoms with Gasteiger partial charge < -0.3 is 10.1 Å². The molecule has 0 heterocycles. The van der Waals surface area contributed by atoms with Gasteiger partial charge in [0.1, 0.15) is 12.9 Å². The Balaban J connectivity index is 1.78. The van der Waals surface area contributed by atoms with Gasteiger partial charge in [0.25, 0.3) is 0 Å². The van der Waals surface area contributed by atoms with Crippen LogP contribution in [0.25, 0.3) is 0 Å². The molecule has 0 unspecified atom stereocenters. The summed E-state index contributed by atoms with van der Waals surface area (Å²) in [5.74, 6) is 0. The Bertz CT molecular complexity index is 581. The molecule has 2 aromatic carbocycles. The molecular weight excluding hydrogens is 254 g/mol. The van der Waals surface area contributed by atoms with Crippen molar-refractivity contribution < 1.29 is 14.3 Å². The number of aldehydes is 1. The van der Waals surface area contributed by atoms with E-state index in [1.165, 1.54) is 0 Å². The molecule has 0 spiro atoms. The summed E-state index contributed by atoms with van der Waals surface area (Å²) in [6, 6.07) is 16.5. The van der Waals surface area contributed by atoms with Gasteiger partial charge in [-0.15, -0.1) is 0 Å². The summed E-state index contributed by atoms with van der Waals surface area (Å²) in [7, 11) is 0. The third-order valence-corrected chi connectivity index (χ3v) is 2.74. The van der Waals surface area contributed by atoms with Gasteiger partial charge in [-0.1, -0.05) is 48.5 Å². The summed E-state index contributed by atoms with van der Waals surface area (Å²) in [5, 5.41) is 2.64. The quantitative estimate of drug-likeness (QED) is 0.849. The van der Waals surface area contributed by atoms with Gasteiger partial charge in [-0.25, -0.2) is 4.79 Å². The first-order chi connectivity index (χ1) is 9.78. The lowest BCUT2D eigenvalue weighted by Crippen LogP contribution is -2.23. The lowest BCUT2D eigenvalue weighted by Gasteiger charge is -2.07. The number of benzene rings is 2. The lowest BCUT2D eigenvalue weighted by molar-refractivity contribution is 0.112. The summed E-state index contributed by atoms with van der Waals surface area (Å²) < 4.78 is 5.09. The largest absolute Gasteiger partial charge is 0.445 e. The van der Waals surface area contributed by atoms with Crippen molar-refractivity contribution in [1.82, 2.24) is 5.32 Å². The minimum atomic E-state index is -0.481. The fraction of sp³-hybridized carbons (Fsp3) is 0.125. The first kappa shape index (κ1) is 13.8. The van der Waals surface area contributed by atoms with Gasteiger partial charge >= 0.3 is 6.09 Å². The molecule has 102 valence electrons. The SMILES string of the molecule is O=Cc1cccc(CNC(=O)OCc2ccccc2)c1. The number of ether oxygens (including phenoxy) is 1. The summed E-state index contributed by atoms with van der Waals surface area (Å²) in [6.07, 6.45) is 0.294. The molecule has 20 heavy (non-hydrogen) atoms. The van der Waals surface area contributed by atoms with Crippen LogP contribution in [0.5, 0.6) is 0 Å². The first-order valence-electron chi connectivity index (χ1n) is 6.26. The van der Waals surface area contributed by atoms with E-state index in [0.717, 1.165) is 17.4 Å². The van der Waals surface area contributed by atoms with Crippen LogP contribution in [-0.4, -0.2) is 12.4 Å². The van der Waals surface area contributed by atoms with Crippen molar-refractivity contribution in [2.24, 2.45) is 0 Å². The van der Waals surface area contributed by atoms with Crippen molar-refractivity contribution in [3.05, 3.63) is 71.3 Å². The fourth-order valence-corrected chi connectivity index (χ4v) is 1.72. The Morgan fingerprint density at radius 3 is 2.55 bits per heavy atom. The molecule has 0 aromatic heterocycles. The summed E-state index contributed by atoms with van der Waals surface area (Å²) >= 11 is 0. The Kier molecular flexibility index (Phi) is 4.89. The smallest absolute Gasteiger partial charge is 0.407 e. The molecule has 0 bridgehead atoms. The number of hydrogen-bond acceptors (Lipinski definition) is 3. The Hall–Kier alpha value is -2.62. The van der Waals surface area contributed by atoms with Gasteiger partial charge in [-0.3, -0.25) is 4.79 Å². The highest BCUT2D eigenvalue weighted by Gasteiger charge is 2.03. The standard InChI is InChI=1S/C16H15NO3/c18-11-15-8-4-7-14(9-15)10-17-16(19)20-12-13-5-2-1-3-6-13/h1-9,11H,10,12H2,(H,17,19). The van der Waals surface area contributed by atoms with Crippen molar-refractivity contribution >= 4 is 12.4 Å². The van der Waals surface area contributed by atoms with E-state index >= 15 is 0 Å². The average molecular weight is 269 g/mol. The number of nitrogens with one attached hydrogen (secondary N) is 1. The van der Waals surface area contributed by atoms with Crippen molar-refractivity contribution in [2.45, 2.75) is 13.2 Å². The molecule has 0 saturated heterocycles. The van der Waals surface area contributed by atoms with E-state index in [4.69, 9.17) is 4.74 Å². The predicted octanol–water partition coefficient (Wildman–Crippen LogP) is 2.93. The van der Waals surface area contributed by atoms with Crippen LogP contribution in [0, 0.1) is 0 Å². The van der Waals surface area contributed by atoms with Gasteiger partial charge in [-0.05, 0) is 17.2 Å². The summed E-state index contributed by atoms with van der Waals surface area (Å²) in [5.41, 5.74) is 2.37. The highest BCUT2D eigenvalue weighted by Crippen LogP contribution is 2.04. The number of alkyl carbamates (subject to hydrolysis) is 1. The van der Waals surface area contributed by atoms with Crippen LogP contribution in [0.15, 0.2) is 54.6 Å². The Morgan fingerprint density at radius 1 is 1.05 bits per heavy atom. The van der Waals surface area contributed by atoms with Crippen LogP contribution in [-0.2, 0) is 17.9 Å². The average Bonchev–Trinajstić information content (AvgIpc) is 2.52. The van der Waals surface area contributed by atoms with E-state index in [9.17, 15) is 9.59 Å². The second-order valence-electron chi connectivity index (χ2n) is 4.28. The van der Waals surface area contributed by atoms with Crippen LogP contribution < -0.4 is 5.32 Å². The van der Waals surface area contributed by atoms with Gasteiger partial charge in [0, 0.05) is 12.1 Å². The highest BCUT2D eigenvalue weighted by atomic mass is 16.5. The summed E-state index contributed by atoms with van der Waals surface area (Å²) in [4.78, 5) is 22.2. The molecule has 4 heteroatoms. The lowest BCUT2D eigenvalue weighted by atomic mass is 10.1. The molecule has 0 aliphatic carbocycles. The minimum absolute atomic E-state index is 0.237. The van der Waals surface area contributed by atoms with Crippen LogP contribution in [0.2, 0.25) is 0 Å².